The van der Waals surface area contributed by atoms with Crippen LogP contribution in [0.3, 0.4) is 0 Å². The first kappa shape index (κ1) is 11.3. The van der Waals surface area contributed by atoms with Gasteiger partial charge in [0.25, 0.3) is 0 Å². The lowest BCUT2D eigenvalue weighted by molar-refractivity contribution is -0.130. The van der Waals surface area contributed by atoms with Gasteiger partial charge in [0.2, 0.25) is 5.91 Å². The zero-order valence-corrected chi connectivity index (χ0v) is 11.5. The Morgan fingerprint density at radius 1 is 1.05 bits per heavy atom. The molecule has 1 aliphatic heterocycles. The number of nitrogens with one attached hydrogen (secondary N) is 1. The third kappa shape index (κ3) is 1.37. The number of hydrogen-bond donors (Lipinski definition) is 1. The van der Waals surface area contributed by atoms with Gasteiger partial charge < -0.3 is 4.90 Å². The predicted molar refractivity (Wildman–Crippen MR) is 75.6 cm³/mol. The molecular weight excluding hydrogens is 248 g/mol. The lowest BCUT2D eigenvalue weighted by Crippen LogP contribution is -2.33. The molecule has 5 unspecified atom stereocenters. The molecule has 3 aliphatic carbocycles. The smallest absolute Gasteiger partial charge is 0.245 e. The molecule has 3 nitrogen and oxygen atoms in total. The summed E-state index contributed by atoms with van der Waals surface area (Å²) in [5.74, 6) is 3.84. The fraction of sp³-hybridized carbons (Fsp3) is 0.588. The van der Waals surface area contributed by atoms with Gasteiger partial charge in [0, 0.05) is 6.04 Å². The van der Waals surface area contributed by atoms with Crippen molar-refractivity contribution in [3.63, 3.8) is 0 Å². The second kappa shape index (κ2) is 3.85. The molecule has 0 aromatic heterocycles. The topological polar surface area (TPSA) is 32.3 Å². The van der Waals surface area contributed by atoms with Crippen LogP contribution in [0.5, 0.6) is 0 Å². The Balaban J connectivity index is 1.37. The summed E-state index contributed by atoms with van der Waals surface area (Å²) in [5, 5.41) is 3.41. The Hall–Kier alpha value is -1.35. The second-order valence-corrected chi connectivity index (χ2v) is 6.99. The molecule has 3 heteroatoms. The van der Waals surface area contributed by atoms with E-state index in [1.807, 2.05) is 18.2 Å². The lowest BCUT2D eigenvalue weighted by Gasteiger charge is -2.19. The molecular formula is C17H20N2O. The van der Waals surface area contributed by atoms with E-state index in [0.717, 1.165) is 35.9 Å². The zero-order valence-electron chi connectivity index (χ0n) is 11.5. The molecule has 4 aliphatic rings. The highest BCUT2D eigenvalue weighted by Crippen LogP contribution is 2.67. The summed E-state index contributed by atoms with van der Waals surface area (Å²) in [4.78, 5) is 14.9. The molecule has 104 valence electrons. The van der Waals surface area contributed by atoms with Crippen LogP contribution >= 0.6 is 0 Å². The average molecular weight is 268 g/mol. The van der Waals surface area contributed by atoms with E-state index < -0.39 is 0 Å². The van der Waals surface area contributed by atoms with E-state index in [9.17, 15) is 4.79 Å². The van der Waals surface area contributed by atoms with Gasteiger partial charge in [-0.15, -0.1) is 0 Å². The van der Waals surface area contributed by atoms with E-state index >= 15 is 0 Å². The first-order valence-electron chi connectivity index (χ1n) is 7.93. The molecule has 1 aromatic rings. The summed E-state index contributed by atoms with van der Waals surface area (Å²) >= 11 is 0. The van der Waals surface area contributed by atoms with E-state index in [1.54, 1.807) is 0 Å². The van der Waals surface area contributed by atoms with E-state index in [1.165, 1.54) is 19.3 Å². The molecule has 5 atom stereocenters. The molecule has 3 saturated carbocycles. The molecule has 1 amide bonds. The summed E-state index contributed by atoms with van der Waals surface area (Å²) in [7, 11) is 0. The number of benzene rings is 1. The van der Waals surface area contributed by atoms with Crippen molar-refractivity contribution in [1.82, 2.24) is 10.2 Å². The molecule has 0 spiro atoms. The maximum Gasteiger partial charge on any atom is 0.245 e. The third-order valence-corrected chi connectivity index (χ3v) is 6.18. The van der Waals surface area contributed by atoms with Gasteiger partial charge >= 0.3 is 0 Å². The summed E-state index contributed by atoms with van der Waals surface area (Å²) in [6.45, 7) is 0.746. The SMILES string of the molecule is O=C1C(c2ccccc2)NCN1C1C2C3CCC(C3)C21. The minimum atomic E-state index is -0.116. The van der Waals surface area contributed by atoms with Crippen molar-refractivity contribution in [3.8, 4) is 0 Å². The summed E-state index contributed by atoms with van der Waals surface area (Å²) < 4.78 is 0. The molecule has 2 bridgehead atoms. The second-order valence-electron chi connectivity index (χ2n) is 6.99. The van der Waals surface area contributed by atoms with Gasteiger partial charge in [0.05, 0.1) is 6.67 Å². The zero-order chi connectivity index (χ0) is 13.3. The maximum absolute atomic E-state index is 12.7. The Morgan fingerprint density at radius 2 is 1.75 bits per heavy atom. The number of nitrogens with zero attached hydrogens (tertiary/aromatic N) is 1. The first-order valence-corrected chi connectivity index (χ1v) is 7.93. The Bertz CT molecular complexity index is 541. The van der Waals surface area contributed by atoms with E-state index in [-0.39, 0.29) is 6.04 Å². The fourth-order valence-electron chi connectivity index (χ4n) is 5.37. The number of amides is 1. The summed E-state index contributed by atoms with van der Waals surface area (Å²) in [6.07, 6.45) is 4.28. The lowest BCUT2D eigenvalue weighted by atomic mass is 10.0. The van der Waals surface area contributed by atoms with Crippen molar-refractivity contribution >= 4 is 5.91 Å². The van der Waals surface area contributed by atoms with Crippen molar-refractivity contribution in [2.45, 2.75) is 31.3 Å². The number of fused-ring (bicyclic) bond motifs is 5. The largest absolute Gasteiger partial charge is 0.325 e. The summed E-state index contributed by atoms with van der Waals surface area (Å²) in [6, 6.07) is 10.6. The number of carbonyl (C=O) groups excluding carboxylic acids is 1. The molecule has 0 radical (unpaired) electrons. The van der Waals surface area contributed by atoms with Gasteiger partial charge in [0.1, 0.15) is 6.04 Å². The van der Waals surface area contributed by atoms with Gasteiger partial charge in [-0.05, 0) is 48.5 Å². The molecule has 5 rings (SSSR count). The van der Waals surface area contributed by atoms with E-state index in [4.69, 9.17) is 0 Å². The van der Waals surface area contributed by atoms with Crippen molar-refractivity contribution in [2.75, 3.05) is 6.67 Å². The van der Waals surface area contributed by atoms with Crippen LogP contribution in [0.15, 0.2) is 30.3 Å². The van der Waals surface area contributed by atoms with Crippen molar-refractivity contribution in [3.05, 3.63) is 35.9 Å². The minimum Gasteiger partial charge on any atom is -0.325 e. The number of hydrogen-bond acceptors (Lipinski definition) is 2. The van der Waals surface area contributed by atoms with E-state index in [0.29, 0.717) is 11.9 Å². The van der Waals surface area contributed by atoms with Crippen LogP contribution in [0, 0.1) is 23.7 Å². The van der Waals surface area contributed by atoms with Crippen molar-refractivity contribution in [1.29, 1.82) is 0 Å². The Kier molecular flexibility index (Phi) is 2.18. The fourth-order valence-corrected chi connectivity index (χ4v) is 5.37. The molecule has 20 heavy (non-hydrogen) atoms. The maximum atomic E-state index is 12.7. The van der Waals surface area contributed by atoms with Gasteiger partial charge in [-0.3, -0.25) is 10.1 Å². The van der Waals surface area contributed by atoms with Crippen LogP contribution in [0.4, 0.5) is 0 Å². The molecule has 1 heterocycles. The van der Waals surface area contributed by atoms with Crippen LogP contribution in [-0.2, 0) is 4.79 Å². The van der Waals surface area contributed by atoms with Crippen LogP contribution < -0.4 is 5.32 Å². The van der Waals surface area contributed by atoms with Crippen molar-refractivity contribution in [2.24, 2.45) is 23.7 Å². The Labute approximate surface area is 119 Å². The van der Waals surface area contributed by atoms with Gasteiger partial charge in [-0.2, -0.15) is 0 Å². The first-order chi connectivity index (χ1) is 9.84. The average Bonchev–Trinajstić information content (AvgIpc) is 2.82. The van der Waals surface area contributed by atoms with Crippen LogP contribution in [0.1, 0.15) is 30.9 Å². The standard InChI is InChI=1S/C17H20N2O/c20-17-15(10-4-2-1-3-5-10)18-9-19(17)16-13-11-6-7-12(8-11)14(13)16/h1-5,11-16,18H,6-9H2. The highest BCUT2D eigenvalue weighted by molar-refractivity contribution is 5.85. The van der Waals surface area contributed by atoms with Gasteiger partial charge in [-0.25, -0.2) is 0 Å². The van der Waals surface area contributed by atoms with E-state index in [2.05, 4.69) is 22.3 Å². The Morgan fingerprint density at radius 3 is 2.45 bits per heavy atom. The monoisotopic (exact) mass is 268 g/mol. The summed E-state index contributed by atoms with van der Waals surface area (Å²) in [5.41, 5.74) is 1.11. The normalized spacial score (nSPS) is 45.0. The minimum absolute atomic E-state index is 0.116. The molecule has 1 aromatic carbocycles. The highest BCUT2D eigenvalue weighted by Gasteiger charge is 2.68. The van der Waals surface area contributed by atoms with Crippen LogP contribution in [0.25, 0.3) is 0 Å². The molecule has 4 fully saturated rings. The molecule has 1 saturated heterocycles. The quantitative estimate of drug-likeness (QED) is 0.891. The van der Waals surface area contributed by atoms with Crippen molar-refractivity contribution < 1.29 is 4.79 Å². The third-order valence-electron chi connectivity index (χ3n) is 6.18. The van der Waals surface area contributed by atoms with Gasteiger partial charge in [-0.1, -0.05) is 30.3 Å². The van der Waals surface area contributed by atoms with Crippen LogP contribution in [-0.4, -0.2) is 23.5 Å². The molecule has 1 N–H and O–H groups in total. The number of carbonyl (C=O) groups is 1. The highest BCUT2D eigenvalue weighted by atomic mass is 16.2. The number of rotatable bonds is 2. The predicted octanol–water partition coefficient (Wildman–Crippen LogP) is 2.16. The van der Waals surface area contributed by atoms with Crippen LogP contribution in [0.2, 0.25) is 0 Å². The van der Waals surface area contributed by atoms with Gasteiger partial charge in [0.15, 0.2) is 0 Å².